The summed E-state index contributed by atoms with van der Waals surface area (Å²) in [4.78, 5) is 23.5. The largest absolute Gasteiger partial charge is 0.507 e. The van der Waals surface area contributed by atoms with Crippen LogP contribution in [0.4, 0.5) is 5.69 Å². The van der Waals surface area contributed by atoms with Crippen molar-refractivity contribution in [1.82, 2.24) is 0 Å². The number of rotatable bonds is 5. The maximum Gasteiger partial charge on any atom is 0.339 e. The van der Waals surface area contributed by atoms with Crippen molar-refractivity contribution in [3.8, 4) is 11.5 Å². The number of amides is 1. The molecule has 0 fully saturated rings. The van der Waals surface area contributed by atoms with Crippen molar-refractivity contribution in [3.05, 3.63) is 51.5 Å². The van der Waals surface area contributed by atoms with Gasteiger partial charge in [0.25, 0.3) is 5.91 Å². The minimum Gasteiger partial charge on any atom is -0.507 e. The highest BCUT2D eigenvalue weighted by atomic mass is 79.9. The van der Waals surface area contributed by atoms with Crippen molar-refractivity contribution in [2.45, 2.75) is 13.8 Å². The molecule has 3 N–H and O–H groups in total. The summed E-state index contributed by atoms with van der Waals surface area (Å²) >= 11 is 3.34. The van der Waals surface area contributed by atoms with E-state index in [0.29, 0.717) is 28.0 Å². The van der Waals surface area contributed by atoms with Gasteiger partial charge in [-0.25, -0.2) is 4.79 Å². The second-order valence-corrected chi connectivity index (χ2v) is 5.88. The number of carbonyl (C=O) groups is 2. The van der Waals surface area contributed by atoms with Crippen LogP contribution in [0.3, 0.4) is 0 Å². The number of carbonyl (C=O) groups excluding carboxylic acids is 1. The molecule has 1 amide bonds. The van der Waals surface area contributed by atoms with E-state index in [1.165, 1.54) is 12.1 Å². The normalized spacial score (nSPS) is 10.3. The Kier molecular flexibility index (Phi) is 5.46. The van der Waals surface area contributed by atoms with Crippen LogP contribution in [0.5, 0.6) is 11.5 Å². The number of nitrogens with one attached hydrogen (secondary N) is 1. The van der Waals surface area contributed by atoms with Crippen LogP contribution in [0.15, 0.2) is 34.8 Å². The van der Waals surface area contributed by atoms with E-state index in [4.69, 9.17) is 9.84 Å². The lowest BCUT2D eigenvalue weighted by Crippen LogP contribution is -2.13. The Morgan fingerprint density at radius 3 is 2.54 bits per heavy atom. The van der Waals surface area contributed by atoms with E-state index in [-0.39, 0.29) is 17.0 Å². The molecule has 0 aliphatic heterocycles. The van der Waals surface area contributed by atoms with Gasteiger partial charge in [0.05, 0.1) is 11.1 Å². The molecule has 0 spiro atoms. The third-order valence-corrected chi connectivity index (χ3v) is 3.90. The number of aryl methyl sites for hydroxylation is 1. The quantitative estimate of drug-likeness (QED) is 0.671. The number of ether oxygens (including phenoxy) is 1. The number of aromatic hydroxyl groups is 1. The topological polar surface area (TPSA) is 95.9 Å². The second-order valence-electron chi connectivity index (χ2n) is 5.03. The third kappa shape index (κ3) is 3.86. The van der Waals surface area contributed by atoms with E-state index >= 15 is 0 Å². The van der Waals surface area contributed by atoms with Gasteiger partial charge >= 0.3 is 5.97 Å². The summed E-state index contributed by atoms with van der Waals surface area (Å²) < 4.78 is 6.03. The van der Waals surface area contributed by atoms with Gasteiger partial charge in [0.2, 0.25) is 0 Å². The summed E-state index contributed by atoms with van der Waals surface area (Å²) in [6.45, 7) is 3.93. The Morgan fingerprint density at radius 1 is 1.25 bits per heavy atom. The first kappa shape index (κ1) is 17.8. The average Bonchev–Trinajstić information content (AvgIpc) is 2.52. The highest BCUT2D eigenvalue weighted by Crippen LogP contribution is 2.28. The zero-order valence-electron chi connectivity index (χ0n) is 13.1. The van der Waals surface area contributed by atoms with Crippen LogP contribution in [-0.4, -0.2) is 28.7 Å². The number of hydrogen-bond acceptors (Lipinski definition) is 4. The molecule has 126 valence electrons. The van der Waals surface area contributed by atoms with Gasteiger partial charge in [0.1, 0.15) is 17.1 Å². The van der Waals surface area contributed by atoms with Crippen LogP contribution in [0, 0.1) is 6.92 Å². The van der Waals surface area contributed by atoms with E-state index < -0.39 is 11.9 Å². The molecule has 24 heavy (non-hydrogen) atoms. The SMILES string of the molecule is CCOc1ccc(C(=O)Nc2cc(C)c(O)c(C(=O)O)c2)cc1Br. The standard InChI is InChI=1S/C17H16BrNO5/c1-3-24-14-5-4-10(7-13(14)18)16(21)19-11-6-9(2)15(20)12(8-11)17(22)23/h4-8,20H,3H2,1-2H3,(H,19,21)(H,22,23). The number of carboxylic acids is 1. The molecular formula is C17H16BrNO5. The van der Waals surface area contributed by atoms with Crippen molar-refractivity contribution >= 4 is 33.5 Å². The number of halogens is 1. The first-order chi connectivity index (χ1) is 11.3. The second kappa shape index (κ2) is 7.35. The van der Waals surface area contributed by atoms with Gasteiger partial charge in [-0.05, 0) is 65.7 Å². The molecule has 0 aliphatic carbocycles. The zero-order chi connectivity index (χ0) is 17.9. The van der Waals surface area contributed by atoms with Crippen molar-refractivity contribution in [3.63, 3.8) is 0 Å². The van der Waals surface area contributed by atoms with Gasteiger partial charge < -0.3 is 20.3 Å². The molecule has 6 nitrogen and oxygen atoms in total. The van der Waals surface area contributed by atoms with E-state index in [1.807, 2.05) is 6.92 Å². The molecule has 0 saturated carbocycles. The van der Waals surface area contributed by atoms with Crippen LogP contribution >= 0.6 is 15.9 Å². The van der Waals surface area contributed by atoms with Gasteiger partial charge in [-0.3, -0.25) is 4.79 Å². The lowest BCUT2D eigenvalue weighted by atomic mass is 10.1. The van der Waals surface area contributed by atoms with Gasteiger partial charge in [-0.15, -0.1) is 0 Å². The number of phenols is 1. The zero-order valence-corrected chi connectivity index (χ0v) is 14.7. The summed E-state index contributed by atoms with van der Waals surface area (Å²) in [6, 6.07) is 7.62. The summed E-state index contributed by atoms with van der Waals surface area (Å²) in [5, 5.41) is 21.5. The van der Waals surface area contributed by atoms with Crippen molar-refractivity contribution in [2.24, 2.45) is 0 Å². The van der Waals surface area contributed by atoms with Crippen LogP contribution in [0.2, 0.25) is 0 Å². The number of aromatic carboxylic acids is 1. The molecule has 0 aromatic heterocycles. The maximum absolute atomic E-state index is 12.3. The highest BCUT2D eigenvalue weighted by Gasteiger charge is 2.15. The minimum atomic E-state index is -1.27. The van der Waals surface area contributed by atoms with E-state index in [1.54, 1.807) is 25.1 Å². The first-order valence-electron chi connectivity index (χ1n) is 7.14. The van der Waals surface area contributed by atoms with Crippen LogP contribution in [0.25, 0.3) is 0 Å². The predicted molar refractivity (Wildman–Crippen MR) is 93.1 cm³/mol. The van der Waals surface area contributed by atoms with E-state index in [2.05, 4.69) is 21.2 Å². The fraction of sp³-hybridized carbons (Fsp3) is 0.176. The molecule has 0 bridgehead atoms. The molecule has 0 radical (unpaired) electrons. The summed E-state index contributed by atoms with van der Waals surface area (Å²) in [5.74, 6) is -1.36. The molecule has 2 rings (SSSR count). The molecule has 0 saturated heterocycles. The van der Waals surface area contributed by atoms with Crippen molar-refractivity contribution in [2.75, 3.05) is 11.9 Å². The van der Waals surface area contributed by atoms with E-state index in [0.717, 1.165) is 0 Å². The van der Waals surface area contributed by atoms with Crippen LogP contribution < -0.4 is 10.1 Å². The summed E-state index contributed by atoms with van der Waals surface area (Å²) in [6.07, 6.45) is 0. The fourth-order valence-corrected chi connectivity index (χ4v) is 2.63. The summed E-state index contributed by atoms with van der Waals surface area (Å²) in [7, 11) is 0. The molecular weight excluding hydrogens is 378 g/mol. The maximum atomic E-state index is 12.3. The van der Waals surface area contributed by atoms with Gasteiger partial charge in [-0.2, -0.15) is 0 Å². The first-order valence-corrected chi connectivity index (χ1v) is 7.93. The fourth-order valence-electron chi connectivity index (χ4n) is 2.13. The third-order valence-electron chi connectivity index (χ3n) is 3.28. The van der Waals surface area contributed by atoms with Crippen molar-refractivity contribution < 1.29 is 24.5 Å². The highest BCUT2D eigenvalue weighted by molar-refractivity contribution is 9.10. The Hall–Kier alpha value is -2.54. The number of benzene rings is 2. The monoisotopic (exact) mass is 393 g/mol. The minimum absolute atomic E-state index is 0.266. The molecule has 2 aromatic rings. The average molecular weight is 394 g/mol. The predicted octanol–water partition coefficient (Wildman–Crippen LogP) is 3.81. The molecule has 7 heteroatoms. The lowest BCUT2D eigenvalue weighted by Gasteiger charge is -2.11. The summed E-state index contributed by atoms with van der Waals surface area (Å²) in [5.41, 5.74) is 0.766. The van der Waals surface area contributed by atoms with Crippen molar-refractivity contribution in [1.29, 1.82) is 0 Å². The Labute approximate surface area is 147 Å². The number of anilines is 1. The van der Waals surface area contributed by atoms with Crippen LogP contribution in [-0.2, 0) is 0 Å². The smallest absolute Gasteiger partial charge is 0.339 e. The van der Waals surface area contributed by atoms with Crippen LogP contribution in [0.1, 0.15) is 33.2 Å². The van der Waals surface area contributed by atoms with Gasteiger partial charge in [-0.1, -0.05) is 0 Å². The lowest BCUT2D eigenvalue weighted by molar-refractivity contribution is 0.0693. The molecule has 0 aliphatic rings. The van der Waals surface area contributed by atoms with Gasteiger partial charge in [0, 0.05) is 11.3 Å². The Balaban J connectivity index is 2.27. The van der Waals surface area contributed by atoms with E-state index in [9.17, 15) is 14.7 Å². The number of carboxylic acid groups (broad SMARTS) is 1. The Bertz CT molecular complexity index is 804. The number of hydrogen-bond donors (Lipinski definition) is 3. The molecule has 2 aromatic carbocycles. The molecule has 0 atom stereocenters. The molecule has 0 unspecified atom stereocenters. The van der Waals surface area contributed by atoms with Gasteiger partial charge in [0.15, 0.2) is 0 Å². The Morgan fingerprint density at radius 2 is 1.96 bits per heavy atom. The molecule has 0 heterocycles.